The third-order valence-corrected chi connectivity index (χ3v) is 3.97. The molecule has 2 aromatic carbocycles. The molecule has 0 aromatic heterocycles. The summed E-state index contributed by atoms with van der Waals surface area (Å²) < 4.78 is 14.0. The van der Waals surface area contributed by atoms with Crippen LogP contribution in [0.3, 0.4) is 0 Å². The average molecular weight is 322 g/mol. The van der Waals surface area contributed by atoms with Crippen LogP contribution in [0.25, 0.3) is 0 Å². The zero-order valence-electron chi connectivity index (χ0n) is 11.1. The Hall–Kier alpha value is -1.35. The maximum absolute atomic E-state index is 13.4. The third-order valence-electron chi connectivity index (χ3n) is 3.08. The molecule has 0 heterocycles. The van der Waals surface area contributed by atoms with Crippen LogP contribution in [0.1, 0.15) is 30.9 Å². The lowest BCUT2D eigenvalue weighted by molar-refractivity contribution is 0.618. The van der Waals surface area contributed by atoms with Crippen molar-refractivity contribution >= 4 is 21.6 Å². The summed E-state index contributed by atoms with van der Waals surface area (Å²) in [6.45, 7) is 4.93. The van der Waals surface area contributed by atoms with Crippen LogP contribution in [-0.2, 0) is 6.54 Å². The molecule has 0 aliphatic heterocycles. The molecule has 0 saturated heterocycles. The van der Waals surface area contributed by atoms with Gasteiger partial charge >= 0.3 is 0 Å². The van der Waals surface area contributed by atoms with Crippen molar-refractivity contribution in [3.63, 3.8) is 0 Å². The Morgan fingerprint density at radius 1 is 1.11 bits per heavy atom. The largest absolute Gasteiger partial charge is 0.381 e. The molecule has 0 saturated carbocycles. The Labute approximate surface area is 122 Å². The van der Waals surface area contributed by atoms with Gasteiger partial charge in [0.15, 0.2) is 0 Å². The van der Waals surface area contributed by atoms with Gasteiger partial charge < -0.3 is 5.32 Å². The Morgan fingerprint density at radius 3 is 2.58 bits per heavy atom. The fourth-order valence-corrected chi connectivity index (χ4v) is 2.44. The number of rotatable bonds is 4. The molecule has 100 valence electrons. The molecule has 2 aromatic rings. The molecule has 0 unspecified atom stereocenters. The minimum absolute atomic E-state index is 0.226. The molecule has 0 atom stereocenters. The van der Waals surface area contributed by atoms with Gasteiger partial charge in [-0.05, 0) is 45.1 Å². The van der Waals surface area contributed by atoms with Gasteiger partial charge in [0.1, 0.15) is 5.82 Å². The summed E-state index contributed by atoms with van der Waals surface area (Å²) in [7, 11) is 0. The van der Waals surface area contributed by atoms with E-state index in [4.69, 9.17) is 0 Å². The van der Waals surface area contributed by atoms with E-state index < -0.39 is 0 Å². The third kappa shape index (κ3) is 3.35. The van der Waals surface area contributed by atoms with Crippen LogP contribution in [0.5, 0.6) is 0 Å². The Balaban J connectivity index is 2.17. The van der Waals surface area contributed by atoms with E-state index in [1.54, 1.807) is 6.07 Å². The zero-order valence-corrected chi connectivity index (χ0v) is 12.7. The highest BCUT2D eigenvalue weighted by Gasteiger charge is 2.08. The minimum Gasteiger partial charge on any atom is -0.381 e. The Bertz CT molecular complexity index is 566. The SMILES string of the molecule is CC(C)c1ccccc1NCc1cccc(F)c1Br. The molecule has 0 amide bonds. The molecule has 19 heavy (non-hydrogen) atoms. The van der Waals surface area contributed by atoms with E-state index in [1.807, 2.05) is 18.2 Å². The lowest BCUT2D eigenvalue weighted by Gasteiger charge is -2.15. The van der Waals surface area contributed by atoms with Gasteiger partial charge in [0.25, 0.3) is 0 Å². The van der Waals surface area contributed by atoms with E-state index in [2.05, 4.69) is 47.2 Å². The quantitative estimate of drug-likeness (QED) is 0.803. The van der Waals surface area contributed by atoms with Crippen LogP contribution < -0.4 is 5.32 Å². The van der Waals surface area contributed by atoms with E-state index in [1.165, 1.54) is 11.6 Å². The van der Waals surface area contributed by atoms with Gasteiger partial charge in [-0.3, -0.25) is 0 Å². The molecule has 3 heteroatoms. The standard InChI is InChI=1S/C16H17BrFN/c1-11(2)13-7-3-4-9-15(13)19-10-12-6-5-8-14(18)16(12)17/h3-9,11,19H,10H2,1-2H3. The lowest BCUT2D eigenvalue weighted by Crippen LogP contribution is -2.04. The average Bonchev–Trinajstić information content (AvgIpc) is 2.40. The zero-order chi connectivity index (χ0) is 13.8. The molecule has 0 fully saturated rings. The fraction of sp³-hybridized carbons (Fsp3) is 0.250. The van der Waals surface area contributed by atoms with Crippen LogP contribution in [0.4, 0.5) is 10.1 Å². The van der Waals surface area contributed by atoms with E-state index in [0.29, 0.717) is 16.9 Å². The topological polar surface area (TPSA) is 12.0 Å². The van der Waals surface area contributed by atoms with Gasteiger partial charge in [-0.2, -0.15) is 0 Å². The number of halogens is 2. The van der Waals surface area contributed by atoms with Crippen molar-refractivity contribution in [2.45, 2.75) is 26.3 Å². The molecule has 0 radical (unpaired) electrons. The van der Waals surface area contributed by atoms with Gasteiger partial charge in [-0.15, -0.1) is 0 Å². The van der Waals surface area contributed by atoms with Crippen LogP contribution in [0.2, 0.25) is 0 Å². The van der Waals surface area contributed by atoms with Gasteiger partial charge in [-0.1, -0.05) is 44.2 Å². The highest BCUT2D eigenvalue weighted by Crippen LogP contribution is 2.26. The molecule has 1 N–H and O–H groups in total. The van der Waals surface area contributed by atoms with E-state index in [-0.39, 0.29) is 5.82 Å². The molecule has 0 aliphatic rings. The summed E-state index contributed by atoms with van der Waals surface area (Å²) in [6.07, 6.45) is 0. The number of benzene rings is 2. The van der Waals surface area contributed by atoms with Crippen LogP contribution in [-0.4, -0.2) is 0 Å². The number of hydrogen-bond acceptors (Lipinski definition) is 1. The van der Waals surface area contributed by atoms with Crippen molar-refractivity contribution in [3.05, 3.63) is 63.9 Å². The predicted octanol–water partition coefficient (Wildman–Crippen LogP) is 5.32. The predicted molar refractivity (Wildman–Crippen MR) is 82.0 cm³/mol. The normalized spacial score (nSPS) is 10.8. The lowest BCUT2D eigenvalue weighted by atomic mass is 10.0. The maximum atomic E-state index is 13.4. The summed E-state index contributed by atoms with van der Waals surface area (Å²) in [5, 5.41) is 3.38. The maximum Gasteiger partial charge on any atom is 0.137 e. The van der Waals surface area contributed by atoms with Gasteiger partial charge in [0.2, 0.25) is 0 Å². The molecule has 2 rings (SSSR count). The van der Waals surface area contributed by atoms with Gasteiger partial charge in [0.05, 0.1) is 4.47 Å². The van der Waals surface area contributed by atoms with Crippen molar-refractivity contribution < 1.29 is 4.39 Å². The molecular formula is C16H17BrFN. The number of para-hydroxylation sites is 1. The van der Waals surface area contributed by atoms with Crippen molar-refractivity contribution in [2.75, 3.05) is 5.32 Å². The second-order valence-corrected chi connectivity index (χ2v) is 5.60. The molecule has 0 spiro atoms. The monoisotopic (exact) mass is 321 g/mol. The van der Waals surface area contributed by atoms with E-state index in [0.717, 1.165) is 11.3 Å². The van der Waals surface area contributed by atoms with Crippen molar-refractivity contribution in [1.82, 2.24) is 0 Å². The first kappa shape index (κ1) is 14.1. The second-order valence-electron chi connectivity index (χ2n) is 4.81. The van der Waals surface area contributed by atoms with Crippen LogP contribution in [0, 0.1) is 5.82 Å². The second kappa shape index (κ2) is 6.20. The van der Waals surface area contributed by atoms with Crippen molar-refractivity contribution in [3.8, 4) is 0 Å². The smallest absolute Gasteiger partial charge is 0.137 e. The van der Waals surface area contributed by atoms with Crippen molar-refractivity contribution in [1.29, 1.82) is 0 Å². The van der Waals surface area contributed by atoms with Gasteiger partial charge in [0, 0.05) is 12.2 Å². The summed E-state index contributed by atoms with van der Waals surface area (Å²) in [5.74, 6) is 0.232. The van der Waals surface area contributed by atoms with Gasteiger partial charge in [-0.25, -0.2) is 4.39 Å². The molecule has 0 bridgehead atoms. The first-order valence-electron chi connectivity index (χ1n) is 6.35. The van der Waals surface area contributed by atoms with E-state index in [9.17, 15) is 4.39 Å². The van der Waals surface area contributed by atoms with Crippen molar-refractivity contribution in [2.24, 2.45) is 0 Å². The summed E-state index contributed by atoms with van der Waals surface area (Å²) in [5.41, 5.74) is 3.29. The number of anilines is 1. The summed E-state index contributed by atoms with van der Waals surface area (Å²) in [6, 6.07) is 13.3. The molecule has 1 nitrogen and oxygen atoms in total. The minimum atomic E-state index is -0.226. The molecule has 0 aliphatic carbocycles. The fourth-order valence-electron chi connectivity index (χ4n) is 2.04. The Morgan fingerprint density at radius 2 is 1.84 bits per heavy atom. The molecular weight excluding hydrogens is 305 g/mol. The first-order valence-corrected chi connectivity index (χ1v) is 7.14. The van der Waals surface area contributed by atoms with Crippen LogP contribution in [0.15, 0.2) is 46.9 Å². The summed E-state index contributed by atoms with van der Waals surface area (Å²) >= 11 is 3.29. The Kier molecular flexibility index (Phi) is 4.59. The number of hydrogen-bond donors (Lipinski definition) is 1. The highest BCUT2D eigenvalue weighted by molar-refractivity contribution is 9.10. The van der Waals surface area contributed by atoms with E-state index >= 15 is 0 Å². The highest BCUT2D eigenvalue weighted by atomic mass is 79.9. The first-order chi connectivity index (χ1) is 9.09. The number of nitrogens with one attached hydrogen (secondary N) is 1. The summed E-state index contributed by atoms with van der Waals surface area (Å²) in [4.78, 5) is 0. The van der Waals surface area contributed by atoms with Crippen LogP contribution >= 0.6 is 15.9 Å².